The van der Waals surface area contributed by atoms with E-state index in [1.54, 1.807) is 0 Å². The Morgan fingerprint density at radius 1 is 1.00 bits per heavy atom. The molecule has 0 bridgehead atoms. The molecule has 2 nitrogen and oxygen atoms in total. The van der Waals surface area contributed by atoms with E-state index in [4.69, 9.17) is 0 Å². The first-order valence-corrected chi connectivity index (χ1v) is 1.91. The Balaban J connectivity index is 2.73. The van der Waals surface area contributed by atoms with Gasteiger partial charge in [-0.25, -0.2) is 0 Å². The molecular weight excluding hydrogens is 76.1 g/mol. The smallest absolute Gasteiger partial charge is 0.0121 e. The summed E-state index contributed by atoms with van der Waals surface area (Å²) in [4.78, 5) is 0. The minimum atomic E-state index is 1.82. The van der Waals surface area contributed by atoms with Gasteiger partial charge in [-0.15, -0.1) is 0 Å². The van der Waals surface area contributed by atoms with Gasteiger partial charge >= 0.3 is 0 Å². The fourth-order valence-corrected chi connectivity index (χ4v) is 0.167. The van der Waals surface area contributed by atoms with Gasteiger partial charge in [-0.3, -0.25) is 0 Å². The standard InChI is InChI=1S/C4H10N2/c1-5-3-4-6-2/h3-6H,1-2H3. The summed E-state index contributed by atoms with van der Waals surface area (Å²) in [5.74, 6) is 0. The van der Waals surface area contributed by atoms with Crippen molar-refractivity contribution in [1.29, 1.82) is 0 Å². The maximum atomic E-state index is 2.83. The van der Waals surface area contributed by atoms with Gasteiger partial charge in [0.25, 0.3) is 0 Å². The molecule has 0 aliphatic heterocycles. The van der Waals surface area contributed by atoms with E-state index in [9.17, 15) is 0 Å². The van der Waals surface area contributed by atoms with Crippen LogP contribution in [0, 0.1) is 0 Å². The minimum absolute atomic E-state index is 1.82. The van der Waals surface area contributed by atoms with Crippen molar-refractivity contribution in [3.8, 4) is 0 Å². The largest absolute Gasteiger partial charge is 0.393 e. The van der Waals surface area contributed by atoms with E-state index in [2.05, 4.69) is 10.6 Å². The van der Waals surface area contributed by atoms with Crippen LogP contribution in [0.5, 0.6) is 0 Å². The van der Waals surface area contributed by atoms with Crippen LogP contribution in [0.4, 0.5) is 0 Å². The SMILES string of the molecule is CNC=CNC. The first-order valence-electron chi connectivity index (χ1n) is 1.91. The Hall–Kier alpha value is -0.660. The molecular formula is C4H10N2. The summed E-state index contributed by atoms with van der Waals surface area (Å²) in [7, 11) is 3.71. The molecule has 0 atom stereocenters. The lowest BCUT2D eigenvalue weighted by atomic mass is 10.9. The van der Waals surface area contributed by atoms with Crippen LogP contribution in [0.1, 0.15) is 0 Å². The van der Waals surface area contributed by atoms with Crippen LogP contribution in [-0.2, 0) is 0 Å². The van der Waals surface area contributed by atoms with Crippen molar-refractivity contribution >= 4 is 0 Å². The predicted octanol–water partition coefficient (Wildman–Crippen LogP) is -0.104. The average Bonchev–Trinajstić information content (AvgIpc) is 1.61. The lowest BCUT2D eigenvalue weighted by Crippen LogP contribution is -1.98. The molecule has 6 heavy (non-hydrogen) atoms. The molecule has 0 fully saturated rings. The highest BCUT2D eigenvalue weighted by atomic mass is 14.8. The molecule has 2 N–H and O–H groups in total. The Morgan fingerprint density at radius 2 is 1.33 bits per heavy atom. The molecule has 0 aliphatic rings. The molecule has 0 radical (unpaired) electrons. The predicted molar refractivity (Wildman–Crippen MR) is 27.3 cm³/mol. The molecule has 2 heteroatoms. The third-order valence-electron chi connectivity index (χ3n) is 0.417. The molecule has 0 heterocycles. The van der Waals surface area contributed by atoms with Gasteiger partial charge in [0, 0.05) is 26.5 Å². The van der Waals surface area contributed by atoms with Crippen LogP contribution in [0.3, 0.4) is 0 Å². The first-order chi connectivity index (χ1) is 2.91. The van der Waals surface area contributed by atoms with Crippen LogP contribution in [-0.4, -0.2) is 14.1 Å². The zero-order chi connectivity index (χ0) is 4.83. The van der Waals surface area contributed by atoms with Crippen molar-refractivity contribution in [2.75, 3.05) is 14.1 Å². The van der Waals surface area contributed by atoms with Crippen molar-refractivity contribution in [3.05, 3.63) is 12.4 Å². The highest BCUT2D eigenvalue weighted by Gasteiger charge is 1.52. The molecule has 0 aromatic rings. The molecule has 0 amide bonds. The van der Waals surface area contributed by atoms with Gasteiger partial charge in [-0.05, 0) is 0 Å². The molecule has 0 rings (SSSR count). The zero-order valence-corrected chi connectivity index (χ0v) is 4.15. The second kappa shape index (κ2) is 4.34. The van der Waals surface area contributed by atoms with E-state index >= 15 is 0 Å². The van der Waals surface area contributed by atoms with Crippen LogP contribution < -0.4 is 10.6 Å². The molecule has 0 aliphatic carbocycles. The summed E-state index contributed by atoms with van der Waals surface area (Å²) in [6.07, 6.45) is 3.64. The van der Waals surface area contributed by atoms with Gasteiger partial charge in [0.1, 0.15) is 0 Å². The second-order valence-electron chi connectivity index (χ2n) is 0.911. The second-order valence-corrected chi connectivity index (χ2v) is 0.911. The fourth-order valence-electron chi connectivity index (χ4n) is 0.167. The lowest BCUT2D eigenvalue weighted by Gasteiger charge is -1.82. The number of hydrogen-bond donors (Lipinski definition) is 2. The van der Waals surface area contributed by atoms with Crippen molar-refractivity contribution in [3.63, 3.8) is 0 Å². The summed E-state index contributed by atoms with van der Waals surface area (Å²) in [6.45, 7) is 0. The molecule has 0 unspecified atom stereocenters. The van der Waals surface area contributed by atoms with Gasteiger partial charge in [-0.1, -0.05) is 0 Å². The van der Waals surface area contributed by atoms with Crippen molar-refractivity contribution in [2.45, 2.75) is 0 Å². The molecule has 0 saturated carbocycles. The Bertz CT molecular complexity index is 34.8. The molecule has 0 saturated heterocycles. The van der Waals surface area contributed by atoms with Gasteiger partial charge in [0.15, 0.2) is 0 Å². The van der Waals surface area contributed by atoms with Gasteiger partial charge in [-0.2, -0.15) is 0 Å². The maximum absolute atomic E-state index is 2.83. The van der Waals surface area contributed by atoms with E-state index in [-0.39, 0.29) is 0 Å². The minimum Gasteiger partial charge on any atom is -0.393 e. The van der Waals surface area contributed by atoms with E-state index in [0.29, 0.717) is 0 Å². The van der Waals surface area contributed by atoms with Crippen LogP contribution in [0.15, 0.2) is 12.4 Å². The highest BCUT2D eigenvalue weighted by molar-refractivity contribution is 4.71. The van der Waals surface area contributed by atoms with Crippen molar-refractivity contribution in [1.82, 2.24) is 10.6 Å². The van der Waals surface area contributed by atoms with Crippen LogP contribution in [0.2, 0.25) is 0 Å². The van der Waals surface area contributed by atoms with Crippen molar-refractivity contribution in [2.24, 2.45) is 0 Å². The summed E-state index contributed by atoms with van der Waals surface area (Å²) in [6, 6.07) is 0. The maximum Gasteiger partial charge on any atom is 0.0121 e. The zero-order valence-electron chi connectivity index (χ0n) is 4.15. The van der Waals surface area contributed by atoms with Crippen LogP contribution >= 0.6 is 0 Å². The van der Waals surface area contributed by atoms with E-state index in [0.717, 1.165) is 0 Å². The van der Waals surface area contributed by atoms with Crippen molar-refractivity contribution < 1.29 is 0 Å². The first kappa shape index (κ1) is 5.34. The van der Waals surface area contributed by atoms with Gasteiger partial charge in [0.2, 0.25) is 0 Å². The Morgan fingerprint density at radius 3 is 1.50 bits per heavy atom. The molecule has 0 aromatic heterocycles. The summed E-state index contributed by atoms with van der Waals surface area (Å²) in [5.41, 5.74) is 0. The van der Waals surface area contributed by atoms with E-state index in [1.807, 2.05) is 26.5 Å². The fraction of sp³-hybridized carbons (Fsp3) is 0.500. The third-order valence-corrected chi connectivity index (χ3v) is 0.417. The number of nitrogens with one attached hydrogen (secondary N) is 2. The lowest BCUT2D eigenvalue weighted by molar-refractivity contribution is 1.03. The van der Waals surface area contributed by atoms with E-state index in [1.165, 1.54) is 0 Å². The molecule has 0 aromatic carbocycles. The highest BCUT2D eigenvalue weighted by Crippen LogP contribution is 1.49. The third kappa shape index (κ3) is 3.34. The molecule has 36 valence electrons. The Kier molecular flexibility index (Phi) is 3.86. The summed E-state index contributed by atoms with van der Waals surface area (Å²) in [5, 5.41) is 5.65. The average molecular weight is 86.1 g/mol. The summed E-state index contributed by atoms with van der Waals surface area (Å²) >= 11 is 0. The number of rotatable bonds is 2. The summed E-state index contributed by atoms with van der Waals surface area (Å²) < 4.78 is 0. The molecule has 0 spiro atoms. The topological polar surface area (TPSA) is 24.1 Å². The van der Waals surface area contributed by atoms with Gasteiger partial charge in [0.05, 0.1) is 0 Å². The van der Waals surface area contributed by atoms with Crippen LogP contribution in [0.25, 0.3) is 0 Å². The van der Waals surface area contributed by atoms with E-state index < -0.39 is 0 Å². The van der Waals surface area contributed by atoms with Gasteiger partial charge < -0.3 is 10.6 Å². The number of hydrogen-bond acceptors (Lipinski definition) is 2. The monoisotopic (exact) mass is 86.1 g/mol. The quantitative estimate of drug-likeness (QED) is 0.490. The Labute approximate surface area is 38.2 Å². The normalized spacial score (nSPS) is 9.00.